The molecule has 0 spiro atoms. The summed E-state index contributed by atoms with van der Waals surface area (Å²) in [5, 5.41) is 0. The van der Waals surface area contributed by atoms with Crippen LogP contribution in [0.3, 0.4) is 0 Å². The zero-order valence-electron chi connectivity index (χ0n) is 13.4. The molecule has 1 aromatic heterocycles. The molecule has 0 aliphatic carbocycles. The lowest BCUT2D eigenvalue weighted by Gasteiger charge is -2.42. The minimum Gasteiger partial charge on any atom is -0.363 e. The lowest BCUT2D eigenvalue weighted by Crippen LogP contribution is -2.56. The SMILES string of the molecule is CN(C)c1cc(N2CC(C(=O)N3CCC(F)(F)CC3)C2)ncn1. The third-order valence-corrected chi connectivity index (χ3v) is 4.46. The number of nitrogens with zero attached hydrogens (tertiary/aromatic N) is 5. The first-order valence-electron chi connectivity index (χ1n) is 7.77. The van der Waals surface area contributed by atoms with E-state index in [4.69, 9.17) is 0 Å². The smallest absolute Gasteiger partial charge is 0.251 e. The zero-order valence-corrected chi connectivity index (χ0v) is 13.4. The van der Waals surface area contributed by atoms with Gasteiger partial charge in [-0.2, -0.15) is 0 Å². The Balaban J connectivity index is 1.55. The number of piperidine rings is 1. The van der Waals surface area contributed by atoms with Crippen molar-refractivity contribution in [3.63, 3.8) is 0 Å². The summed E-state index contributed by atoms with van der Waals surface area (Å²) in [6.07, 6.45) is 1.05. The van der Waals surface area contributed by atoms with E-state index in [1.165, 1.54) is 6.33 Å². The molecule has 3 heterocycles. The first kappa shape index (κ1) is 15.9. The molecule has 0 N–H and O–H groups in total. The fourth-order valence-corrected chi connectivity index (χ4v) is 2.89. The highest BCUT2D eigenvalue weighted by Gasteiger charge is 2.40. The van der Waals surface area contributed by atoms with Gasteiger partial charge in [0.2, 0.25) is 5.91 Å². The van der Waals surface area contributed by atoms with Crippen LogP contribution in [0.5, 0.6) is 0 Å². The van der Waals surface area contributed by atoms with Crippen molar-refractivity contribution in [1.29, 1.82) is 0 Å². The summed E-state index contributed by atoms with van der Waals surface area (Å²) in [6, 6.07) is 1.88. The number of aromatic nitrogens is 2. The van der Waals surface area contributed by atoms with Crippen LogP contribution in [-0.2, 0) is 4.79 Å². The van der Waals surface area contributed by atoms with E-state index in [-0.39, 0.29) is 37.8 Å². The van der Waals surface area contributed by atoms with Gasteiger partial charge in [0.05, 0.1) is 5.92 Å². The maximum Gasteiger partial charge on any atom is 0.251 e. The third kappa shape index (κ3) is 3.35. The van der Waals surface area contributed by atoms with Gasteiger partial charge in [0, 0.05) is 59.2 Å². The fourth-order valence-electron chi connectivity index (χ4n) is 2.89. The molecule has 0 atom stereocenters. The Morgan fingerprint density at radius 1 is 1.26 bits per heavy atom. The van der Waals surface area contributed by atoms with Crippen LogP contribution in [-0.4, -0.2) is 67.0 Å². The van der Waals surface area contributed by atoms with Gasteiger partial charge in [-0.3, -0.25) is 4.79 Å². The van der Waals surface area contributed by atoms with Crippen LogP contribution in [0.1, 0.15) is 12.8 Å². The molecule has 126 valence electrons. The van der Waals surface area contributed by atoms with Gasteiger partial charge in [-0.25, -0.2) is 18.7 Å². The summed E-state index contributed by atoms with van der Waals surface area (Å²) in [5.74, 6) is -1.16. The Kier molecular flexibility index (Phi) is 4.08. The molecule has 8 heteroatoms. The number of likely N-dealkylation sites (tertiary alicyclic amines) is 1. The van der Waals surface area contributed by atoms with Gasteiger partial charge in [0.25, 0.3) is 5.92 Å². The Morgan fingerprint density at radius 3 is 2.52 bits per heavy atom. The normalized spacial score (nSPS) is 21.0. The molecule has 23 heavy (non-hydrogen) atoms. The molecule has 2 fully saturated rings. The number of anilines is 2. The van der Waals surface area contributed by atoms with Crippen molar-refractivity contribution >= 4 is 17.5 Å². The van der Waals surface area contributed by atoms with E-state index < -0.39 is 5.92 Å². The number of halogens is 2. The highest BCUT2D eigenvalue weighted by Crippen LogP contribution is 2.30. The van der Waals surface area contributed by atoms with Gasteiger partial charge in [-0.15, -0.1) is 0 Å². The summed E-state index contributed by atoms with van der Waals surface area (Å²) < 4.78 is 26.3. The number of carbonyl (C=O) groups excluding carboxylic acids is 1. The number of rotatable bonds is 3. The molecule has 3 rings (SSSR count). The fraction of sp³-hybridized carbons (Fsp3) is 0.667. The highest BCUT2D eigenvalue weighted by atomic mass is 19.3. The minimum absolute atomic E-state index is 0.0151. The van der Waals surface area contributed by atoms with Crippen molar-refractivity contribution in [2.45, 2.75) is 18.8 Å². The van der Waals surface area contributed by atoms with Gasteiger partial charge in [0.15, 0.2) is 0 Å². The largest absolute Gasteiger partial charge is 0.363 e. The summed E-state index contributed by atoms with van der Waals surface area (Å²) in [6.45, 7) is 1.46. The van der Waals surface area contributed by atoms with Crippen molar-refractivity contribution < 1.29 is 13.6 Å². The predicted octanol–water partition coefficient (Wildman–Crippen LogP) is 1.24. The van der Waals surface area contributed by atoms with Gasteiger partial charge in [-0.1, -0.05) is 0 Å². The molecule has 2 aliphatic heterocycles. The first-order chi connectivity index (χ1) is 10.9. The average molecular weight is 325 g/mol. The second-order valence-corrected chi connectivity index (χ2v) is 6.41. The topological polar surface area (TPSA) is 52.6 Å². The minimum atomic E-state index is -2.62. The first-order valence-corrected chi connectivity index (χ1v) is 7.77. The Hall–Kier alpha value is -1.99. The summed E-state index contributed by atoms with van der Waals surface area (Å²) in [7, 11) is 3.81. The van der Waals surface area contributed by atoms with Crippen LogP contribution in [0.2, 0.25) is 0 Å². The molecule has 2 saturated heterocycles. The van der Waals surface area contributed by atoms with Gasteiger partial charge in [-0.05, 0) is 0 Å². The lowest BCUT2D eigenvalue weighted by molar-refractivity contribution is -0.142. The molecule has 0 radical (unpaired) electrons. The van der Waals surface area contributed by atoms with E-state index in [0.29, 0.717) is 13.1 Å². The van der Waals surface area contributed by atoms with Gasteiger partial charge in [0.1, 0.15) is 18.0 Å². The molecule has 1 amide bonds. The number of hydrogen-bond acceptors (Lipinski definition) is 5. The summed E-state index contributed by atoms with van der Waals surface area (Å²) in [5.41, 5.74) is 0. The van der Waals surface area contributed by atoms with E-state index in [2.05, 4.69) is 9.97 Å². The molecule has 0 unspecified atom stereocenters. The van der Waals surface area contributed by atoms with Crippen molar-refractivity contribution in [3.05, 3.63) is 12.4 Å². The van der Waals surface area contributed by atoms with Crippen LogP contribution in [0.15, 0.2) is 12.4 Å². The molecular weight excluding hydrogens is 304 g/mol. The Bertz CT molecular complexity index is 579. The monoisotopic (exact) mass is 325 g/mol. The zero-order chi connectivity index (χ0) is 16.6. The second-order valence-electron chi connectivity index (χ2n) is 6.41. The standard InChI is InChI=1S/C15H21F2N5O/c1-20(2)12-7-13(19-10-18-12)22-8-11(9-22)14(23)21-5-3-15(16,17)4-6-21/h7,10-11H,3-6,8-9H2,1-2H3. The number of carbonyl (C=O) groups is 1. The molecule has 1 aromatic rings. The molecule has 6 nitrogen and oxygen atoms in total. The van der Waals surface area contributed by atoms with Crippen LogP contribution in [0.25, 0.3) is 0 Å². The molecular formula is C15H21F2N5O. The highest BCUT2D eigenvalue weighted by molar-refractivity contribution is 5.82. The van der Waals surface area contributed by atoms with E-state index in [0.717, 1.165) is 11.6 Å². The van der Waals surface area contributed by atoms with Gasteiger partial charge >= 0.3 is 0 Å². The summed E-state index contributed by atoms with van der Waals surface area (Å²) in [4.78, 5) is 26.2. The third-order valence-electron chi connectivity index (χ3n) is 4.46. The van der Waals surface area contributed by atoms with E-state index in [1.54, 1.807) is 4.90 Å². The van der Waals surface area contributed by atoms with Crippen molar-refractivity contribution in [2.24, 2.45) is 5.92 Å². The lowest BCUT2D eigenvalue weighted by atomic mass is 9.96. The van der Waals surface area contributed by atoms with Crippen LogP contribution < -0.4 is 9.80 Å². The van der Waals surface area contributed by atoms with E-state index in [1.807, 2.05) is 30.0 Å². The van der Waals surface area contributed by atoms with Crippen molar-refractivity contribution in [1.82, 2.24) is 14.9 Å². The molecule has 0 bridgehead atoms. The van der Waals surface area contributed by atoms with E-state index in [9.17, 15) is 13.6 Å². The Morgan fingerprint density at radius 2 is 1.91 bits per heavy atom. The van der Waals surface area contributed by atoms with Crippen molar-refractivity contribution in [3.8, 4) is 0 Å². The van der Waals surface area contributed by atoms with Crippen LogP contribution in [0, 0.1) is 5.92 Å². The summed E-state index contributed by atoms with van der Waals surface area (Å²) >= 11 is 0. The van der Waals surface area contributed by atoms with Gasteiger partial charge < -0.3 is 14.7 Å². The number of amides is 1. The predicted molar refractivity (Wildman–Crippen MR) is 82.8 cm³/mol. The van der Waals surface area contributed by atoms with Crippen molar-refractivity contribution in [2.75, 3.05) is 50.1 Å². The van der Waals surface area contributed by atoms with E-state index >= 15 is 0 Å². The molecule has 0 saturated carbocycles. The second kappa shape index (κ2) is 5.90. The maximum absolute atomic E-state index is 13.2. The average Bonchev–Trinajstić information content (AvgIpc) is 2.45. The molecule has 2 aliphatic rings. The quantitative estimate of drug-likeness (QED) is 0.837. The van der Waals surface area contributed by atoms with Crippen LogP contribution in [0.4, 0.5) is 20.4 Å². The number of alkyl halides is 2. The Labute approximate surface area is 134 Å². The van der Waals surface area contributed by atoms with Crippen LogP contribution >= 0.6 is 0 Å². The number of hydrogen-bond donors (Lipinski definition) is 0. The maximum atomic E-state index is 13.2. The molecule has 0 aromatic carbocycles.